The summed E-state index contributed by atoms with van der Waals surface area (Å²) in [5.74, 6) is 0.450. The molecule has 22 heavy (non-hydrogen) atoms. The minimum Gasteiger partial charge on any atom is -0.258 e. The fourth-order valence-electron chi connectivity index (χ4n) is 2.72. The third kappa shape index (κ3) is 1.93. The molecule has 0 saturated heterocycles. The highest BCUT2D eigenvalue weighted by Gasteiger charge is 2.21. The number of nitro benzene ring substituents is 1. The van der Waals surface area contributed by atoms with Crippen molar-refractivity contribution in [3.05, 3.63) is 57.4 Å². The van der Waals surface area contributed by atoms with E-state index in [1.54, 1.807) is 22.8 Å². The molecule has 108 valence electrons. The van der Waals surface area contributed by atoms with Gasteiger partial charge in [0.25, 0.3) is 11.5 Å². The number of aryl methyl sites for hydroxylation is 1. The van der Waals surface area contributed by atoms with Crippen LogP contribution < -0.4 is 0 Å². The van der Waals surface area contributed by atoms with Gasteiger partial charge >= 0.3 is 0 Å². The van der Waals surface area contributed by atoms with Crippen LogP contribution in [0.2, 0.25) is 0 Å². The van der Waals surface area contributed by atoms with Crippen LogP contribution in [0.25, 0.3) is 17.4 Å². The Morgan fingerprint density at radius 3 is 3.09 bits per heavy atom. The van der Waals surface area contributed by atoms with Crippen molar-refractivity contribution in [2.45, 2.75) is 12.8 Å². The zero-order chi connectivity index (χ0) is 15.1. The number of fused-ring (bicyclic) bond motifs is 3. The van der Waals surface area contributed by atoms with E-state index in [-0.39, 0.29) is 5.69 Å². The van der Waals surface area contributed by atoms with Gasteiger partial charge in [-0.05, 0) is 46.0 Å². The number of nitrogens with zero attached hydrogens (tertiary/aromatic N) is 6. The van der Waals surface area contributed by atoms with Gasteiger partial charge < -0.3 is 0 Å². The van der Waals surface area contributed by atoms with Crippen LogP contribution in [0.4, 0.5) is 5.69 Å². The molecule has 4 rings (SSSR count). The molecular weight excluding hydrogens is 284 g/mol. The number of aromatic nitrogens is 5. The predicted octanol–water partition coefficient (Wildman–Crippen LogP) is 1.91. The van der Waals surface area contributed by atoms with Gasteiger partial charge in [0.2, 0.25) is 0 Å². The number of rotatable bonds is 2. The van der Waals surface area contributed by atoms with Crippen molar-refractivity contribution >= 4 is 23.1 Å². The van der Waals surface area contributed by atoms with E-state index in [0.717, 1.165) is 35.2 Å². The maximum absolute atomic E-state index is 10.9. The van der Waals surface area contributed by atoms with Crippen molar-refractivity contribution in [3.63, 3.8) is 0 Å². The Labute approximate surface area is 124 Å². The molecule has 0 fully saturated rings. The van der Waals surface area contributed by atoms with Crippen molar-refractivity contribution in [1.29, 1.82) is 0 Å². The largest absolute Gasteiger partial charge is 0.273 e. The van der Waals surface area contributed by atoms with Gasteiger partial charge in [-0.2, -0.15) is 4.52 Å². The van der Waals surface area contributed by atoms with Crippen LogP contribution in [0.5, 0.6) is 0 Å². The van der Waals surface area contributed by atoms with E-state index in [0.29, 0.717) is 5.78 Å². The molecule has 0 bridgehead atoms. The SMILES string of the molecule is O=[N+]([O-])c1cccc(/C=C2\CCc3cnc4nnnn4c32)c1. The Morgan fingerprint density at radius 1 is 1.32 bits per heavy atom. The summed E-state index contributed by atoms with van der Waals surface area (Å²) in [7, 11) is 0. The molecule has 0 saturated carbocycles. The highest BCUT2D eigenvalue weighted by molar-refractivity contribution is 5.84. The predicted molar refractivity (Wildman–Crippen MR) is 77.9 cm³/mol. The highest BCUT2D eigenvalue weighted by Crippen LogP contribution is 2.33. The zero-order valence-corrected chi connectivity index (χ0v) is 11.4. The van der Waals surface area contributed by atoms with Crippen LogP contribution in [0.1, 0.15) is 23.2 Å². The van der Waals surface area contributed by atoms with Crippen molar-refractivity contribution in [2.24, 2.45) is 0 Å². The standard InChI is InChI=1S/C14H10N6O2/c21-20(22)12-3-1-2-9(7-12)6-10-4-5-11-8-15-14-16-17-18-19(14)13(10)11/h1-3,6-8H,4-5H2/b10-6+. The average molecular weight is 294 g/mol. The molecule has 0 aliphatic heterocycles. The molecule has 1 aliphatic rings. The summed E-state index contributed by atoms with van der Waals surface area (Å²) >= 11 is 0. The third-order valence-corrected chi connectivity index (χ3v) is 3.69. The first-order valence-corrected chi connectivity index (χ1v) is 6.74. The van der Waals surface area contributed by atoms with E-state index in [9.17, 15) is 10.1 Å². The van der Waals surface area contributed by atoms with Gasteiger partial charge in [0.05, 0.1) is 10.6 Å². The molecule has 8 heteroatoms. The fraction of sp³-hybridized carbons (Fsp3) is 0.143. The molecule has 0 spiro atoms. The van der Waals surface area contributed by atoms with Crippen LogP contribution in [0.15, 0.2) is 30.5 Å². The molecular formula is C14H10N6O2. The first-order chi connectivity index (χ1) is 10.7. The molecule has 3 aromatic rings. The summed E-state index contributed by atoms with van der Waals surface area (Å²) in [6, 6.07) is 6.56. The second-order valence-corrected chi connectivity index (χ2v) is 5.04. The van der Waals surface area contributed by atoms with E-state index in [2.05, 4.69) is 20.5 Å². The van der Waals surface area contributed by atoms with Crippen LogP contribution in [0, 0.1) is 10.1 Å². The van der Waals surface area contributed by atoms with Crippen molar-refractivity contribution in [2.75, 3.05) is 0 Å². The van der Waals surface area contributed by atoms with Gasteiger partial charge in [-0.1, -0.05) is 17.2 Å². The monoisotopic (exact) mass is 294 g/mol. The maximum Gasteiger partial charge on any atom is 0.273 e. The van der Waals surface area contributed by atoms with E-state index in [4.69, 9.17) is 0 Å². The second-order valence-electron chi connectivity index (χ2n) is 5.04. The summed E-state index contributed by atoms with van der Waals surface area (Å²) < 4.78 is 1.62. The van der Waals surface area contributed by atoms with Crippen molar-refractivity contribution < 1.29 is 4.92 Å². The number of non-ortho nitro benzene ring substituents is 1. The van der Waals surface area contributed by atoms with Gasteiger partial charge in [0, 0.05) is 18.3 Å². The number of hydrogen-bond donors (Lipinski definition) is 0. The quantitative estimate of drug-likeness (QED) is 0.529. The number of benzene rings is 1. The Kier molecular flexibility index (Phi) is 2.68. The van der Waals surface area contributed by atoms with Crippen LogP contribution in [0.3, 0.4) is 0 Å². The summed E-state index contributed by atoms with van der Waals surface area (Å²) in [6.07, 6.45) is 5.42. The molecule has 1 aromatic carbocycles. The molecule has 0 atom stereocenters. The number of nitro groups is 1. The van der Waals surface area contributed by atoms with Crippen molar-refractivity contribution in [3.8, 4) is 0 Å². The Balaban J connectivity index is 1.84. The summed E-state index contributed by atoms with van der Waals surface area (Å²) in [5.41, 5.74) is 3.93. The lowest BCUT2D eigenvalue weighted by atomic mass is 10.1. The lowest BCUT2D eigenvalue weighted by molar-refractivity contribution is -0.384. The second kappa shape index (κ2) is 4.69. The number of tetrazole rings is 1. The van der Waals surface area contributed by atoms with Gasteiger partial charge in [-0.3, -0.25) is 10.1 Å². The highest BCUT2D eigenvalue weighted by atomic mass is 16.6. The molecule has 0 N–H and O–H groups in total. The molecule has 0 amide bonds. The minimum absolute atomic E-state index is 0.0786. The number of allylic oxidation sites excluding steroid dienone is 1. The van der Waals surface area contributed by atoms with E-state index >= 15 is 0 Å². The van der Waals surface area contributed by atoms with Gasteiger partial charge in [0.15, 0.2) is 0 Å². The van der Waals surface area contributed by atoms with Gasteiger partial charge in [-0.15, -0.1) is 0 Å². The molecule has 2 heterocycles. The van der Waals surface area contributed by atoms with Gasteiger partial charge in [-0.25, -0.2) is 4.98 Å². The van der Waals surface area contributed by atoms with Gasteiger partial charge in [0.1, 0.15) is 0 Å². The summed E-state index contributed by atoms with van der Waals surface area (Å²) in [6.45, 7) is 0. The minimum atomic E-state index is -0.395. The third-order valence-electron chi connectivity index (χ3n) is 3.69. The summed E-state index contributed by atoms with van der Waals surface area (Å²) in [4.78, 5) is 14.7. The number of hydrogen-bond acceptors (Lipinski definition) is 6. The Bertz CT molecular complexity index is 930. The van der Waals surface area contributed by atoms with Crippen LogP contribution in [-0.2, 0) is 6.42 Å². The maximum atomic E-state index is 10.9. The van der Waals surface area contributed by atoms with Crippen LogP contribution >= 0.6 is 0 Å². The zero-order valence-electron chi connectivity index (χ0n) is 11.4. The van der Waals surface area contributed by atoms with E-state index in [1.807, 2.05) is 12.1 Å². The lowest BCUT2D eigenvalue weighted by Crippen LogP contribution is -1.99. The van der Waals surface area contributed by atoms with Crippen molar-refractivity contribution in [1.82, 2.24) is 25.0 Å². The smallest absolute Gasteiger partial charge is 0.258 e. The van der Waals surface area contributed by atoms with Crippen LogP contribution in [-0.4, -0.2) is 29.9 Å². The molecule has 0 radical (unpaired) electrons. The van der Waals surface area contributed by atoms with E-state index in [1.165, 1.54) is 6.07 Å². The normalized spacial score (nSPS) is 15.4. The fourth-order valence-corrected chi connectivity index (χ4v) is 2.72. The molecule has 1 aliphatic carbocycles. The first-order valence-electron chi connectivity index (χ1n) is 6.74. The first kappa shape index (κ1) is 12.6. The molecule has 0 unspecified atom stereocenters. The Morgan fingerprint density at radius 2 is 2.23 bits per heavy atom. The summed E-state index contributed by atoms with van der Waals surface area (Å²) in [5, 5.41) is 22.3. The molecule has 8 nitrogen and oxygen atoms in total. The molecule has 2 aromatic heterocycles. The topological polar surface area (TPSA) is 99.1 Å². The van der Waals surface area contributed by atoms with E-state index < -0.39 is 4.92 Å². The Hall–Kier alpha value is -3.16. The lowest BCUT2D eigenvalue weighted by Gasteiger charge is -2.03. The average Bonchev–Trinajstić information content (AvgIpc) is 3.13.